The van der Waals surface area contributed by atoms with Gasteiger partial charge in [0.2, 0.25) is 0 Å². The number of carbonyl (C=O) groups is 1. The van der Waals surface area contributed by atoms with Gasteiger partial charge in [0.15, 0.2) is 0 Å². The van der Waals surface area contributed by atoms with Crippen LogP contribution in [0.25, 0.3) is 0 Å². The SMILES string of the molecule is O=C(Nc1c2c(cc3c1CCC3)CCC2)NS(=O)(=O)Nc1cccc2c1CCC2. The van der Waals surface area contributed by atoms with Gasteiger partial charge < -0.3 is 5.32 Å². The number of rotatable bonds is 4. The molecule has 0 fully saturated rings. The lowest BCUT2D eigenvalue weighted by atomic mass is 9.99. The fourth-order valence-corrected chi connectivity index (χ4v) is 5.94. The van der Waals surface area contributed by atoms with Gasteiger partial charge in [0, 0.05) is 5.69 Å². The molecule has 7 heteroatoms. The van der Waals surface area contributed by atoms with Crippen LogP contribution < -0.4 is 14.8 Å². The van der Waals surface area contributed by atoms with Crippen molar-refractivity contribution in [2.24, 2.45) is 0 Å². The van der Waals surface area contributed by atoms with Crippen LogP contribution in [-0.2, 0) is 48.7 Å². The Balaban J connectivity index is 1.35. The highest BCUT2D eigenvalue weighted by Crippen LogP contribution is 2.38. The van der Waals surface area contributed by atoms with Gasteiger partial charge in [-0.15, -0.1) is 0 Å². The summed E-state index contributed by atoms with van der Waals surface area (Å²) in [6.07, 6.45) is 8.90. The normalized spacial score (nSPS) is 16.8. The Labute approximate surface area is 171 Å². The highest BCUT2D eigenvalue weighted by atomic mass is 32.2. The fraction of sp³-hybridized carbons (Fsp3) is 0.409. The summed E-state index contributed by atoms with van der Waals surface area (Å²) < 4.78 is 29.8. The van der Waals surface area contributed by atoms with Gasteiger partial charge in [-0.25, -0.2) is 9.52 Å². The molecule has 0 atom stereocenters. The van der Waals surface area contributed by atoms with E-state index in [2.05, 4.69) is 20.8 Å². The Hall–Kier alpha value is -2.54. The van der Waals surface area contributed by atoms with E-state index in [1.807, 2.05) is 12.1 Å². The number of hydrogen-bond donors (Lipinski definition) is 3. The lowest BCUT2D eigenvalue weighted by molar-refractivity contribution is 0.256. The summed E-state index contributed by atoms with van der Waals surface area (Å²) in [4.78, 5) is 12.6. The molecule has 2 aromatic rings. The minimum Gasteiger partial charge on any atom is -0.307 e. The lowest BCUT2D eigenvalue weighted by Gasteiger charge is -2.17. The molecular weight excluding hydrogens is 386 g/mol. The maximum atomic E-state index is 12.6. The average molecular weight is 412 g/mol. The molecule has 3 N–H and O–H groups in total. The van der Waals surface area contributed by atoms with Crippen molar-refractivity contribution in [2.75, 3.05) is 10.0 Å². The van der Waals surface area contributed by atoms with Crippen LogP contribution in [0.2, 0.25) is 0 Å². The van der Waals surface area contributed by atoms with E-state index in [0.717, 1.165) is 69.0 Å². The summed E-state index contributed by atoms with van der Waals surface area (Å²) in [5, 5.41) is 2.87. The van der Waals surface area contributed by atoms with E-state index in [1.54, 1.807) is 6.07 Å². The molecule has 0 aliphatic heterocycles. The van der Waals surface area contributed by atoms with E-state index in [0.29, 0.717) is 5.69 Å². The second-order valence-electron chi connectivity index (χ2n) is 8.19. The minimum absolute atomic E-state index is 0.557. The fourth-order valence-electron chi connectivity index (χ4n) is 5.11. The molecule has 3 aliphatic carbocycles. The smallest absolute Gasteiger partial charge is 0.307 e. The van der Waals surface area contributed by atoms with Gasteiger partial charge in [-0.3, -0.25) is 4.72 Å². The third-order valence-corrected chi connectivity index (χ3v) is 7.27. The van der Waals surface area contributed by atoms with Crippen LogP contribution in [0.3, 0.4) is 0 Å². The average Bonchev–Trinajstić information content (AvgIpc) is 3.40. The zero-order chi connectivity index (χ0) is 20.0. The van der Waals surface area contributed by atoms with E-state index in [-0.39, 0.29) is 0 Å². The van der Waals surface area contributed by atoms with Gasteiger partial charge in [-0.05, 0) is 97.2 Å². The third-order valence-electron chi connectivity index (χ3n) is 6.33. The van der Waals surface area contributed by atoms with E-state index in [4.69, 9.17) is 0 Å². The van der Waals surface area contributed by atoms with E-state index in [1.165, 1.54) is 27.8 Å². The Morgan fingerprint density at radius 3 is 2.10 bits per heavy atom. The highest BCUT2D eigenvalue weighted by Gasteiger charge is 2.26. The first-order valence-corrected chi connectivity index (χ1v) is 11.9. The van der Waals surface area contributed by atoms with Crippen molar-refractivity contribution < 1.29 is 13.2 Å². The van der Waals surface area contributed by atoms with E-state index in [9.17, 15) is 13.2 Å². The standard InChI is InChI=1S/C22H25N3O3S/c26-22(23-21-18-10-2-7-15(18)13-16-8-3-11-19(16)21)25-29(27,28)24-20-12-4-6-14-5-1-9-17(14)20/h4,6,12-13,24H,1-3,5,7-11H2,(H2,23,25,26). The summed E-state index contributed by atoms with van der Waals surface area (Å²) in [5.41, 5.74) is 8.52. The number of carbonyl (C=O) groups excluding carboxylic acids is 1. The number of fused-ring (bicyclic) bond motifs is 3. The molecule has 6 nitrogen and oxygen atoms in total. The van der Waals surface area contributed by atoms with Crippen LogP contribution in [0.15, 0.2) is 24.3 Å². The maximum Gasteiger partial charge on any atom is 0.334 e. The number of anilines is 2. The maximum absolute atomic E-state index is 12.6. The van der Waals surface area contributed by atoms with Crippen LogP contribution in [-0.4, -0.2) is 14.4 Å². The topological polar surface area (TPSA) is 87.3 Å². The molecule has 5 rings (SSSR count). The van der Waals surface area contributed by atoms with Crippen molar-refractivity contribution in [3.05, 3.63) is 57.6 Å². The van der Waals surface area contributed by atoms with Gasteiger partial charge >= 0.3 is 16.2 Å². The first-order valence-electron chi connectivity index (χ1n) is 10.4. The molecular formula is C22H25N3O3S. The molecule has 2 amide bonds. The largest absolute Gasteiger partial charge is 0.334 e. The molecule has 3 aliphatic rings. The van der Waals surface area contributed by atoms with Gasteiger partial charge in [-0.2, -0.15) is 8.42 Å². The molecule has 0 spiro atoms. The van der Waals surface area contributed by atoms with Crippen molar-refractivity contribution in [1.29, 1.82) is 0 Å². The predicted octanol–water partition coefficient (Wildman–Crippen LogP) is 3.63. The summed E-state index contributed by atoms with van der Waals surface area (Å²) in [6.45, 7) is 0. The van der Waals surface area contributed by atoms with Crippen molar-refractivity contribution in [1.82, 2.24) is 4.72 Å². The van der Waals surface area contributed by atoms with Gasteiger partial charge in [-0.1, -0.05) is 18.2 Å². The zero-order valence-electron chi connectivity index (χ0n) is 16.3. The number of nitrogens with one attached hydrogen (secondary N) is 3. The second-order valence-corrected chi connectivity index (χ2v) is 9.61. The Kier molecular flexibility index (Phi) is 4.50. The number of amides is 2. The Morgan fingerprint density at radius 2 is 1.41 bits per heavy atom. The first kappa shape index (κ1) is 18.5. The first-order chi connectivity index (χ1) is 14.0. The molecule has 0 saturated heterocycles. The van der Waals surface area contributed by atoms with Crippen LogP contribution in [0.4, 0.5) is 16.2 Å². The predicted molar refractivity (Wildman–Crippen MR) is 114 cm³/mol. The minimum atomic E-state index is -4.02. The monoisotopic (exact) mass is 411 g/mol. The van der Waals surface area contributed by atoms with Crippen molar-refractivity contribution >= 4 is 27.6 Å². The molecule has 0 unspecified atom stereocenters. The summed E-state index contributed by atoms with van der Waals surface area (Å²) >= 11 is 0. The quantitative estimate of drug-likeness (QED) is 0.718. The molecule has 29 heavy (non-hydrogen) atoms. The Bertz CT molecular complexity index is 1080. The van der Waals surface area contributed by atoms with E-state index >= 15 is 0 Å². The van der Waals surface area contributed by atoms with E-state index < -0.39 is 16.2 Å². The lowest BCUT2D eigenvalue weighted by Crippen LogP contribution is -2.38. The molecule has 0 saturated carbocycles. The number of hydrogen-bond acceptors (Lipinski definition) is 3. The van der Waals surface area contributed by atoms with Crippen molar-refractivity contribution in [3.8, 4) is 0 Å². The summed E-state index contributed by atoms with van der Waals surface area (Å²) in [6, 6.07) is 7.19. The summed E-state index contributed by atoms with van der Waals surface area (Å²) in [5.74, 6) is 0. The molecule has 2 aromatic carbocycles. The highest BCUT2D eigenvalue weighted by molar-refractivity contribution is 7.91. The Morgan fingerprint density at radius 1 is 0.793 bits per heavy atom. The van der Waals surface area contributed by atoms with Crippen LogP contribution in [0.1, 0.15) is 52.6 Å². The van der Waals surface area contributed by atoms with Crippen molar-refractivity contribution in [2.45, 2.75) is 57.8 Å². The van der Waals surface area contributed by atoms with Gasteiger partial charge in [0.1, 0.15) is 0 Å². The third kappa shape index (κ3) is 3.48. The number of aryl methyl sites for hydroxylation is 3. The molecule has 0 heterocycles. The van der Waals surface area contributed by atoms with Gasteiger partial charge in [0.25, 0.3) is 0 Å². The molecule has 0 aromatic heterocycles. The van der Waals surface area contributed by atoms with Crippen LogP contribution >= 0.6 is 0 Å². The van der Waals surface area contributed by atoms with Gasteiger partial charge in [0.05, 0.1) is 5.69 Å². The van der Waals surface area contributed by atoms with Crippen LogP contribution in [0.5, 0.6) is 0 Å². The number of benzene rings is 2. The molecule has 152 valence electrons. The number of urea groups is 1. The molecule has 0 bridgehead atoms. The second kappa shape index (κ2) is 7.06. The summed E-state index contributed by atoms with van der Waals surface area (Å²) in [7, 11) is -4.02. The van der Waals surface area contributed by atoms with Crippen molar-refractivity contribution in [3.63, 3.8) is 0 Å². The van der Waals surface area contributed by atoms with Crippen LogP contribution in [0, 0.1) is 0 Å². The zero-order valence-corrected chi connectivity index (χ0v) is 17.1. The molecule has 0 radical (unpaired) electrons.